The quantitative estimate of drug-likeness (QED) is 0.666. The van der Waals surface area contributed by atoms with E-state index in [2.05, 4.69) is 5.43 Å². The normalized spacial score (nSPS) is 16.9. The first-order chi connectivity index (χ1) is 9.99. The molecule has 0 aromatic heterocycles. The number of nitrogens with one attached hydrogen (secondary N) is 1. The standard InChI is InChI=1S/C16H22N2O3/c1-5-20-14-10-13-8-11(2)21-15(13)9-12(14)6-7-16(19)17-18(3)4/h6-7,9-11H,5,8H2,1-4H3,(H,17,19)/b7-6+/t11-/m0/s1. The Morgan fingerprint density at radius 2 is 2.29 bits per heavy atom. The maximum absolute atomic E-state index is 11.7. The van der Waals surface area contributed by atoms with Gasteiger partial charge >= 0.3 is 0 Å². The van der Waals surface area contributed by atoms with Gasteiger partial charge in [0.1, 0.15) is 17.6 Å². The summed E-state index contributed by atoms with van der Waals surface area (Å²) >= 11 is 0. The van der Waals surface area contributed by atoms with Crippen LogP contribution in [0.2, 0.25) is 0 Å². The van der Waals surface area contributed by atoms with E-state index in [1.807, 2.05) is 26.0 Å². The molecule has 0 saturated heterocycles. The van der Waals surface area contributed by atoms with Crippen molar-refractivity contribution >= 4 is 12.0 Å². The first-order valence-electron chi connectivity index (χ1n) is 7.12. The minimum Gasteiger partial charge on any atom is -0.493 e. The molecule has 1 atom stereocenters. The Morgan fingerprint density at radius 3 is 2.95 bits per heavy atom. The number of benzene rings is 1. The van der Waals surface area contributed by atoms with Crippen molar-refractivity contribution in [2.75, 3.05) is 20.7 Å². The Hall–Kier alpha value is -2.01. The smallest absolute Gasteiger partial charge is 0.258 e. The van der Waals surface area contributed by atoms with Crippen LogP contribution in [0.25, 0.3) is 6.08 Å². The fraction of sp³-hybridized carbons (Fsp3) is 0.438. The molecule has 0 saturated carbocycles. The molecular formula is C16H22N2O3. The molecule has 5 nitrogen and oxygen atoms in total. The molecule has 1 heterocycles. The van der Waals surface area contributed by atoms with E-state index in [1.165, 1.54) is 6.08 Å². The highest BCUT2D eigenvalue weighted by atomic mass is 16.5. The Morgan fingerprint density at radius 1 is 1.52 bits per heavy atom. The van der Waals surface area contributed by atoms with Gasteiger partial charge in [-0.25, -0.2) is 5.01 Å². The summed E-state index contributed by atoms with van der Waals surface area (Å²) in [5.41, 5.74) is 4.66. The number of hydrazine groups is 1. The lowest BCUT2D eigenvalue weighted by molar-refractivity contribution is -0.119. The SMILES string of the molecule is CCOc1cc2c(cc1/C=C/C(=O)NN(C)C)O[C@@H](C)C2. The van der Waals surface area contributed by atoms with Gasteiger partial charge in [-0.1, -0.05) is 0 Å². The minimum absolute atomic E-state index is 0.183. The van der Waals surface area contributed by atoms with Gasteiger partial charge in [-0.05, 0) is 32.1 Å². The van der Waals surface area contributed by atoms with Gasteiger partial charge in [-0.15, -0.1) is 0 Å². The zero-order valence-corrected chi connectivity index (χ0v) is 13.0. The molecule has 114 valence electrons. The average molecular weight is 290 g/mol. The molecule has 0 fully saturated rings. The largest absolute Gasteiger partial charge is 0.493 e. The van der Waals surface area contributed by atoms with Gasteiger partial charge in [0, 0.05) is 37.7 Å². The summed E-state index contributed by atoms with van der Waals surface area (Å²) < 4.78 is 11.4. The number of carbonyl (C=O) groups excluding carboxylic acids is 1. The summed E-state index contributed by atoms with van der Waals surface area (Å²) in [6.45, 7) is 4.57. The van der Waals surface area contributed by atoms with E-state index in [-0.39, 0.29) is 12.0 Å². The van der Waals surface area contributed by atoms with Gasteiger partial charge in [0.05, 0.1) is 6.61 Å². The molecular weight excluding hydrogens is 268 g/mol. The molecule has 0 aliphatic carbocycles. The highest BCUT2D eigenvalue weighted by Crippen LogP contribution is 2.35. The van der Waals surface area contributed by atoms with Crippen molar-refractivity contribution in [3.05, 3.63) is 29.3 Å². The van der Waals surface area contributed by atoms with Crippen LogP contribution < -0.4 is 14.9 Å². The van der Waals surface area contributed by atoms with Crippen LogP contribution in [0.4, 0.5) is 0 Å². The molecule has 1 N–H and O–H groups in total. The van der Waals surface area contributed by atoms with Gasteiger partial charge in [-0.2, -0.15) is 0 Å². The van der Waals surface area contributed by atoms with Crippen LogP contribution in [0, 0.1) is 0 Å². The van der Waals surface area contributed by atoms with Crippen LogP contribution in [0.3, 0.4) is 0 Å². The molecule has 2 rings (SSSR count). The van der Waals surface area contributed by atoms with E-state index in [0.717, 1.165) is 29.0 Å². The highest BCUT2D eigenvalue weighted by Gasteiger charge is 2.21. The third kappa shape index (κ3) is 3.98. The van der Waals surface area contributed by atoms with Crippen molar-refractivity contribution in [1.29, 1.82) is 0 Å². The van der Waals surface area contributed by atoms with Crippen LogP contribution in [-0.4, -0.2) is 37.7 Å². The summed E-state index contributed by atoms with van der Waals surface area (Å²) in [4.78, 5) is 11.7. The summed E-state index contributed by atoms with van der Waals surface area (Å²) in [5.74, 6) is 1.47. The van der Waals surface area contributed by atoms with Crippen molar-refractivity contribution < 1.29 is 14.3 Å². The molecule has 21 heavy (non-hydrogen) atoms. The maximum atomic E-state index is 11.7. The number of carbonyl (C=O) groups is 1. The predicted molar refractivity (Wildman–Crippen MR) is 82.3 cm³/mol. The van der Waals surface area contributed by atoms with Crippen LogP contribution in [0.15, 0.2) is 18.2 Å². The zero-order valence-electron chi connectivity index (χ0n) is 13.0. The van der Waals surface area contributed by atoms with Gasteiger partial charge < -0.3 is 9.47 Å². The number of rotatable bonds is 5. The summed E-state index contributed by atoms with van der Waals surface area (Å²) in [7, 11) is 3.53. The molecule has 5 heteroatoms. The first-order valence-corrected chi connectivity index (χ1v) is 7.12. The second-order valence-electron chi connectivity index (χ2n) is 5.27. The third-order valence-electron chi connectivity index (χ3n) is 3.08. The van der Waals surface area contributed by atoms with Gasteiger partial charge in [0.2, 0.25) is 0 Å². The molecule has 1 amide bonds. The number of amides is 1. The molecule has 0 unspecified atom stereocenters. The van der Waals surface area contributed by atoms with Gasteiger partial charge in [-0.3, -0.25) is 10.2 Å². The monoisotopic (exact) mass is 290 g/mol. The van der Waals surface area contributed by atoms with Crippen LogP contribution in [-0.2, 0) is 11.2 Å². The van der Waals surface area contributed by atoms with Gasteiger partial charge in [0.15, 0.2) is 0 Å². The Labute approximate surface area is 125 Å². The van der Waals surface area contributed by atoms with Gasteiger partial charge in [0.25, 0.3) is 5.91 Å². The van der Waals surface area contributed by atoms with E-state index in [9.17, 15) is 4.79 Å². The second-order valence-corrected chi connectivity index (χ2v) is 5.27. The lowest BCUT2D eigenvalue weighted by Crippen LogP contribution is -2.34. The van der Waals surface area contributed by atoms with Crippen LogP contribution in [0.1, 0.15) is 25.0 Å². The van der Waals surface area contributed by atoms with Crippen molar-refractivity contribution in [2.45, 2.75) is 26.4 Å². The summed E-state index contributed by atoms with van der Waals surface area (Å²) in [6, 6.07) is 3.94. The molecule has 1 aliphatic rings. The topological polar surface area (TPSA) is 50.8 Å². The number of hydrogen-bond donors (Lipinski definition) is 1. The number of fused-ring (bicyclic) bond motifs is 1. The molecule has 1 aliphatic heterocycles. The molecule has 0 bridgehead atoms. The van der Waals surface area contributed by atoms with Crippen LogP contribution >= 0.6 is 0 Å². The predicted octanol–water partition coefficient (Wildman–Crippen LogP) is 2.01. The fourth-order valence-electron chi connectivity index (χ4n) is 2.29. The third-order valence-corrected chi connectivity index (χ3v) is 3.08. The molecule has 0 radical (unpaired) electrons. The molecule has 1 aromatic rings. The average Bonchev–Trinajstić information content (AvgIpc) is 2.74. The van der Waals surface area contributed by atoms with E-state index < -0.39 is 0 Å². The van der Waals surface area contributed by atoms with Crippen molar-refractivity contribution in [3.8, 4) is 11.5 Å². The van der Waals surface area contributed by atoms with E-state index in [0.29, 0.717) is 6.61 Å². The number of nitrogens with zero attached hydrogens (tertiary/aromatic N) is 1. The lowest BCUT2D eigenvalue weighted by atomic mass is 10.1. The lowest BCUT2D eigenvalue weighted by Gasteiger charge is -2.11. The highest BCUT2D eigenvalue weighted by molar-refractivity contribution is 5.91. The maximum Gasteiger partial charge on any atom is 0.258 e. The Bertz CT molecular complexity index is 553. The van der Waals surface area contributed by atoms with E-state index >= 15 is 0 Å². The van der Waals surface area contributed by atoms with Crippen molar-refractivity contribution in [3.63, 3.8) is 0 Å². The van der Waals surface area contributed by atoms with Crippen molar-refractivity contribution in [2.24, 2.45) is 0 Å². The molecule has 0 spiro atoms. The number of hydrogen-bond acceptors (Lipinski definition) is 4. The zero-order chi connectivity index (χ0) is 15.4. The summed E-state index contributed by atoms with van der Waals surface area (Å²) in [6.07, 6.45) is 4.31. The van der Waals surface area contributed by atoms with E-state index in [4.69, 9.17) is 9.47 Å². The minimum atomic E-state index is -0.183. The summed E-state index contributed by atoms with van der Waals surface area (Å²) in [5, 5.41) is 1.60. The van der Waals surface area contributed by atoms with Crippen LogP contribution in [0.5, 0.6) is 11.5 Å². The fourth-order valence-corrected chi connectivity index (χ4v) is 2.29. The number of ether oxygens (including phenoxy) is 2. The Kier molecular flexibility index (Phi) is 4.85. The molecule has 1 aromatic carbocycles. The Balaban J connectivity index is 2.23. The second kappa shape index (κ2) is 6.63. The van der Waals surface area contributed by atoms with E-state index in [1.54, 1.807) is 25.2 Å². The van der Waals surface area contributed by atoms with Crippen molar-refractivity contribution in [1.82, 2.24) is 10.4 Å². The first kappa shape index (κ1) is 15.4.